The predicted molar refractivity (Wildman–Crippen MR) is 38.3 cm³/mol. The first-order valence-corrected chi connectivity index (χ1v) is 3.07. The Bertz CT molecular complexity index is 22.5. The van der Waals surface area contributed by atoms with Gasteiger partial charge in [0, 0.05) is 38.4 Å². The molecule has 0 bridgehead atoms. The second-order valence-electron chi connectivity index (χ2n) is 0.949. The third-order valence-electron chi connectivity index (χ3n) is 0. The van der Waals surface area contributed by atoms with Gasteiger partial charge in [-0.15, -0.1) is 0 Å². The van der Waals surface area contributed by atoms with Crippen molar-refractivity contribution in [2.24, 2.45) is 0 Å². The molecule has 0 saturated carbocycles. The number of aliphatic hydroxyl groups is 3. The van der Waals surface area contributed by atoms with Crippen LogP contribution in [-0.4, -0.2) is 35.1 Å². The molecule has 0 fully saturated rings. The van der Waals surface area contributed by atoms with E-state index in [2.05, 4.69) is 0 Å². The molecule has 5 heteroatoms. The van der Waals surface area contributed by atoms with Gasteiger partial charge < -0.3 is 27.7 Å². The summed E-state index contributed by atoms with van der Waals surface area (Å²) in [6.07, 6.45) is 0. The fraction of sp³-hybridized carbons (Fsp3) is 1.00. The van der Waals surface area contributed by atoms with Crippen LogP contribution < -0.4 is 12.4 Å². The minimum Gasteiger partial charge on any atom is -1.00 e. The van der Waals surface area contributed by atoms with Gasteiger partial charge in [0.1, 0.15) is 0 Å². The molecule has 0 aliphatic rings. The van der Waals surface area contributed by atoms with Crippen LogP contribution in [0.15, 0.2) is 0 Å². The van der Waals surface area contributed by atoms with Crippen molar-refractivity contribution in [1.82, 2.24) is 0 Å². The molecule has 0 unspecified atom stereocenters. The van der Waals surface area contributed by atoms with Gasteiger partial charge in [0.25, 0.3) is 0 Å². The number of hydrogen-bond acceptors (Lipinski definition) is 3. The van der Waals surface area contributed by atoms with E-state index >= 15 is 0 Å². The monoisotopic (exact) mass is 224 g/mol. The summed E-state index contributed by atoms with van der Waals surface area (Å²) in [5.74, 6) is 0. The molecule has 0 saturated heterocycles. The molecule has 73 valence electrons. The number of hydrogen-bond donors (Lipinski definition) is 3. The average Bonchev–Trinajstić information content (AvgIpc) is 1.70. The summed E-state index contributed by atoms with van der Waals surface area (Å²) in [7, 11) is 0. The van der Waals surface area contributed by atoms with Crippen LogP contribution in [-0.2, 0) is 18.6 Å². The summed E-state index contributed by atoms with van der Waals surface area (Å²) < 4.78 is 0. The standard InChI is InChI=1S/3C2H6O.ClH.V/c3*1-2-3;;/h3*3H,2H2,1H3;1H;/p-1. The van der Waals surface area contributed by atoms with Crippen molar-refractivity contribution in [2.75, 3.05) is 19.8 Å². The van der Waals surface area contributed by atoms with Gasteiger partial charge in [0.15, 0.2) is 0 Å². The largest absolute Gasteiger partial charge is 1.00 e. The zero-order chi connectivity index (χ0) is 8.12. The van der Waals surface area contributed by atoms with E-state index in [9.17, 15) is 0 Å². The Kier molecular flexibility index (Phi) is 197. The Morgan fingerprint density at radius 1 is 0.727 bits per heavy atom. The minimum absolute atomic E-state index is 0. The van der Waals surface area contributed by atoms with Crippen molar-refractivity contribution in [3.63, 3.8) is 0 Å². The molecule has 0 aromatic carbocycles. The summed E-state index contributed by atoms with van der Waals surface area (Å²) in [5, 5.41) is 22.7. The first-order valence-electron chi connectivity index (χ1n) is 3.07. The Balaban J connectivity index is -0.0000000150. The molecular formula is C6H18ClO3V-. The molecule has 0 rings (SSSR count). The molecule has 11 heavy (non-hydrogen) atoms. The molecule has 3 nitrogen and oxygen atoms in total. The van der Waals surface area contributed by atoms with E-state index in [0.29, 0.717) is 0 Å². The van der Waals surface area contributed by atoms with E-state index in [1.807, 2.05) is 0 Å². The van der Waals surface area contributed by atoms with Crippen LogP contribution in [0.25, 0.3) is 0 Å². The number of halogens is 1. The van der Waals surface area contributed by atoms with Gasteiger partial charge in [-0.2, -0.15) is 0 Å². The van der Waals surface area contributed by atoms with Crippen LogP contribution in [0.3, 0.4) is 0 Å². The van der Waals surface area contributed by atoms with Crippen LogP contribution in [0.1, 0.15) is 20.8 Å². The van der Waals surface area contributed by atoms with Gasteiger partial charge in [-0.25, -0.2) is 0 Å². The van der Waals surface area contributed by atoms with Gasteiger partial charge in [-0.1, -0.05) is 0 Å². The van der Waals surface area contributed by atoms with Crippen molar-refractivity contribution in [2.45, 2.75) is 20.8 Å². The maximum Gasteiger partial charge on any atom is 0.0402 e. The molecule has 0 spiro atoms. The normalized spacial score (nSPS) is 4.91. The van der Waals surface area contributed by atoms with Crippen molar-refractivity contribution >= 4 is 0 Å². The first-order chi connectivity index (χ1) is 4.24. The average molecular weight is 225 g/mol. The van der Waals surface area contributed by atoms with Gasteiger partial charge in [-0.3, -0.25) is 0 Å². The second-order valence-corrected chi connectivity index (χ2v) is 0.949. The van der Waals surface area contributed by atoms with Crippen molar-refractivity contribution in [3.05, 3.63) is 0 Å². The van der Waals surface area contributed by atoms with Crippen LogP contribution >= 0.6 is 0 Å². The quantitative estimate of drug-likeness (QED) is 0.411. The summed E-state index contributed by atoms with van der Waals surface area (Å²) in [6.45, 7) is 5.79. The Labute approximate surface area is 87.1 Å². The van der Waals surface area contributed by atoms with Crippen LogP contribution in [0.4, 0.5) is 0 Å². The molecule has 0 aliphatic heterocycles. The summed E-state index contributed by atoms with van der Waals surface area (Å²) in [6, 6.07) is 0. The SMILES string of the molecule is CCO.CCO.CCO.[Cl-].[V]. The summed E-state index contributed by atoms with van der Waals surface area (Å²) in [5.41, 5.74) is 0. The maximum absolute atomic E-state index is 7.57. The molecule has 0 heterocycles. The third kappa shape index (κ3) is 1450. The maximum atomic E-state index is 7.57. The van der Waals surface area contributed by atoms with Crippen molar-refractivity contribution < 1.29 is 46.3 Å². The molecule has 0 aliphatic carbocycles. The summed E-state index contributed by atoms with van der Waals surface area (Å²) >= 11 is 0. The molecular weight excluding hydrogens is 206 g/mol. The Morgan fingerprint density at radius 2 is 0.727 bits per heavy atom. The molecule has 0 amide bonds. The molecule has 0 aromatic rings. The van der Waals surface area contributed by atoms with E-state index in [0.717, 1.165) is 0 Å². The third-order valence-corrected chi connectivity index (χ3v) is 0. The first kappa shape index (κ1) is 29.8. The van der Waals surface area contributed by atoms with Gasteiger partial charge >= 0.3 is 0 Å². The van der Waals surface area contributed by atoms with E-state index in [4.69, 9.17) is 15.3 Å². The molecule has 3 N–H and O–H groups in total. The van der Waals surface area contributed by atoms with Crippen LogP contribution in [0.2, 0.25) is 0 Å². The number of rotatable bonds is 0. The zero-order valence-corrected chi connectivity index (χ0v) is 9.44. The topological polar surface area (TPSA) is 60.7 Å². The second kappa shape index (κ2) is 72.6. The van der Waals surface area contributed by atoms with Crippen LogP contribution in [0.5, 0.6) is 0 Å². The van der Waals surface area contributed by atoms with E-state index in [1.54, 1.807) is 20.8 Å². The van der Waals surface area contributed by atoms with E-state index in [1.165, 1.54) is 0 Å². The Hall–Kier alpha value is 0.754. The number of aliphatic hydroxyl groups excluding tert-OH is 3. The molecule has 1 radical (unpaired) electrons. The predicted octanol–water partition coefficient (Wildman–Crippen LogP) is -3.00. The van der Waals surface area contributed by atoms with Gasteiger partial charge in [0.2, 0.25) is 0 Å². The molecule has 0 atom stereocenters. The van der Waals surface area contributed by atoms with Crippen LogP contribution in [0, 0.1) is 0 Å². The van der Waals surface area contributed by atoms with Crippen molar-refractivity contribution in [3.8, 4) is 0 Å². The fourth-order valence-electron chi connectivity index (χ4n) is 0. The van der Waals surface area contributed by atoms with Gasteiger partial charge in [0.05, 0.1) is 0 Å². The minimum atomic E-state index is 0. The van der Waals surface area contributed by atoms with E-state index < -0.39 is 0 Å². The zero-order valence-electron chi connectivity index (χ0n) is 7.29. The fourth-order valence-corrected chi connectivity index (χ4v) is 0. The molecule has 0 aromatic heterocycles. The van der Waals surface area contributed by atoms with Crippen molar-refractivity contribution in [1.29, 1.82) is 0 Å². The smallest absolute Gasteiger partial charge is 0.0402 e. The summed E-state index contributed by atoms with van der Waals surface area (Å²) in [4.78, 5) is 0. The van der Waals surface area contributed by atoms with Gasteiger partial charge in [-0.05, 0) is 20.8 Å². The Morgan fingerprint density at radius 3 is 0.727 bits per heavy atom. The van der Waals surface area contributed by atoms with E-state index in [-0.39, 0.29) is 50.8 Å².